The van der Waals surface area contributed by atoms with Crippen LogP contribution in [0.15, 0.2) is 42.6 Å². The van der Waals surface area contributed by atoms with Gasteiger partial charge in [0.25, 0.3) is 5.24 Å². The van der Waals surface area contributed by atoms with Crippen molar-refractivity contribution in [3.63, 3.8) is 0 Å². The van der Waals surface area contributed by atoms with E-state index in [2.05, 4.69) is 4.98 Å². The van der Waals surface area contributed by atoms with Crippen LogP contribution in [0.3, 0.4) is 0 Å². The van der Waals surface area contributed by atoms with Crippen LogP contribution in [0, 0.1) is 0 Å². The first-order valence-electron chi connectivity index (χ1n) is 6.43. The molecular weight excluding hydrogens is 335 g/mol. The van der Waals surface area contributed by atoms with E-state index >= 15 is 0 Å². The molecule has 0 aliphatic carbocycles. The molecule has 0 spiro atoms. The summed E-state index contributed by atoms with van der Waals surface area (Å²) in [5, 5.41) is -0.626. The van der Waals surface area contributed by atoms with Crippen LogP contribution in [-0.2, 0) is 11.0 Å². The lowest BCUT2D eigenvalue weighted by Gasteiger charge is -2.11. The topological polar surface area (TPSA) is 48.4 Å². The molecule has 4 nitrogen and oxygen atoms in total. The molecule has 122 valence electrons. The maximum absolute atomic E-state index is 12.4. The summed E-state index contributed by atoms with van der Waals surface area (Å²) in [7, 11) is 0. The van der Waals surface area contributed by atoms with Crippen LogP contribution in [-0.4, -0.2) is 16.3 Å². The summed E-state index contributed by atoms with van der Waals surface area (Å²) >= 11 is 5.28. The van der Waals surface area contributed by atoms with Gasteiger partial charge in [0.05, 0.1) is 5.56 Å². The number of halogens is 4. The van der Waals surface area contributed by atoms with Crippen molar-refractivity contribution >= 4 is 16.8 Å². The van der Waals surface area contributed by atoms with Crippen LogP contribution >= 0.6 is 11.6 Å². The lowest BCUT2D eigenvalue weighted by atomic mass is 10.3. The molecule has 0 aliphatic heterocycles. The van der Waals surface area contributed by atoms with Crippen molar-refractivity contribution in [2.24, 2.45) is 0 Å². The molecule has 8 heteroatoms. The number of carbonyl (C=O) groups is 1. The van der Waals surface area contributed by atoms with E-state index in [4.69, 9.17) is 21.1 Å². The summed E-state index contributed by atoms with van der Waals surface area (Å²) in [6, 6.07) is 8.14. The first-order chi connectivity index (χ1) is 10.8. The van der Waals surface area contributed by atoms with Gasteiger partial charge in [-0.2, -0.15) is 13.2 Å². The second kappa shape index (κ2) is 6.87. The fourth-order valence-corrected chi connectivity index (χ4v) is 1.61. The Labute approximate surface area is 134 Å². The fourth-order valence-electron chi connectivity index (χ4n) is 1.57. The van der Waals surface area contributed by atoms with E-state index in [0.717, 1.165) is 12.1 Å². The van der Waals surface area contributed by atoms with Crippen molar-refractivity contribution in [1.82, 2.24) is 4.98 Å². The van der Waals surface area contributed by atoms with Gasteiger partial charge in [-0.1, -0.05) is 0 Å². The molecular formula is C15H11ClF3NO3. The zero-order valence-corrected chi connectivity index (χ0v) is 12.6. The van der Waals surface area contributed by atoms with Crippen molar-refractivity contribution < 1.29 is 27.4 Å². The minimum absolute atomic E-state index is 0.0240. The molecule has 1 aromatic heterocycles. The molecule has 1 atom stereocenters. The van der Waals surface area contributed by atoms with E-state index in [9.17, 15) is 18.0 Å². The molecule has 1 aromatic carbocycles. The van der Waals surface area contributed by atoms with Crippen molar-refractivity contribution in [1.29, 1.82) is 0 Å². The minimum atomic E-state index is -4.44. The molecule has 0 fully saturated rings. The third-order valence-corrected chi connectivity index (χ3v) is 3.05. The molecule has 23 heavy (non-hydrogen) atoms. The average Bonchev–Trinajstić information content (AvgIpc) is 2.49. The van der Waals surface area contributed by atoms with Crippen LogP contribution in [0.1, 0.15) is 12.5 Å². The highest BCUT2D eigenvalue weighted by Gasteiger charge is 2.30. The number of ether oxygens (including phenoxy) is 2. The first kappa shape index (κ1) is 17.1. The summed E-state index contributed by atoms with van der Waals surface area (Å²) in [6.45, 7) is 1.51. The van der Waals surface area contributed by atoms with E-state index in [1.54, 1.807) is 0 Å². The standard InChI is InChI=1S/C15H11ClF3NO3/c1-9(14(16)21)22-11-3-5-12(6-4-11)23-13-7-2-10(8-20-13)15(17,18)19/h2-9H,1H3. The summed E-state index contributed by atoms with van der Waals surface area (Å²) in [6.07, 6.45) is -4.54. The number of alkyl halides is 3. The number of hydrogen-bond acceptors (Lipinski definition) is 4. The lowest BCUT2D eigenvalue weighted by molar-refractivity contribution is -0.137. The average molecular weight is 346 g/mol. The van der Waals surface area contributed by atoms with E-state index in [1.165, 1.54) is 31.2 Å². The predicted octanol–water partition coefficient (Wildman–Crippen LogP) is 4.43. The summed E-state index contributed by atoms with van der Waals surface area (Å²) < 4.78 is 47.9. The second-order valence-electron chi connectivity index (χ2n) is 4.52. The van der Waals surface area contributed by atoms with Crippen LogP contribution in [0.25, 0.3) is 0 Å². The van der Waals surface area contributed by atoms with Crippen LogP contribution < -0.4 is 9.47 Å². The third kappa shape index (κ3) is 4.85. The number of rotatable bonds is 5. The number of aromatic nitrogens is 1. The molecule has 0 saturated carbocycles. The van der Waals surface area contributed by atoms with E-state index < -0.39 is 23.1 Å². The highest BCUT2D eigenvalue weighted by atomic mass is 35.5. The Bertz CT molecular complexity index is 672. The molecule has 1 heterocycles. The smallest absolute Gasteiger partial charge is 0.417 e. The molecule has 1 unspecified atom stereocenters. The SMILES string of the molecule is CC(Oc1ccc(Oc2ccc(C(F)(F)F)cn2)cc1)C(=O)Cl. The Morgan fingerprint density at radius 3 is 2.22 bits per heavy atom. The van der Waals surface area contributed by atoms with Gasteiger partial charge in [-0.3, -0.25) is 4.79 Å². The monoisotopic (exact) mass is 345 g/mol. The molecule has 0 N–H and O–H groups in total. The number of carbonyl (C=O) groups excluding carboxylic acids is 1. The number of pyridine rings is 1. The highest BCUT2D eigenvalue weighted by Crippen LogP contribution is 2.30. The van der Waals surface area contributed by atoms with Gasteiger partial charge in [0, 0.05) is 12.3 Å². The molecule has 0 saturated heterocycles. The Kier molecular flexibility index (Phi) is 5.10. The lowest BCUT2D eigenvalue weighted by Crippen LogP contribution is -2.18. The summed E-state index contributed by atoms with van der Waals surface area (Å²) in [5.74, 6) is 0.782. The van der Waals surface area contributed by atoms with Crippen molar-refractivity contribution in [3.8, 4) is 17.4 Å². The van der Waals surface area contributed by atoms with E-state index in [0.29, 0.717) is 17.7 Å². The maximum atomic E-state index is 12.4. The van der Waals surface area contributed by atoms with Gasteiger partial charge in [0.2, 0.25) is 5.88 Å². The number of benzene rings is 1. The summed E-state index contributed by atoms with van der Waals surface area (Å²) in [5.41, 5.74) is -0.853. The second-order valence-corrected chi connectivity index (χ2v) is 4.89. The largest absolute Gasteiger partial charge is 0.482 e. The minimum Gasteiger partial charge on any atom is -0.482 e. The van der Waals surface area contributed by atoms with Crippen LogP contribution in [0.5, 0.6) is 17.4 Å². The zero-order valence-electron chi connectivity index (χ0n) is 11.8. The zero-order chi connectivity index (χ0) is 17.0. The molecule has 2 rings (SSSR count). The van der Waals surface area contributed by atoms with Gasteiger partial charge < -0.3 is 9.47 Å². The van der Waals surface area contributed by atoms with Gasteiger partial charge in [0.1, 0.15) is 11.5 Å². The van der Waals surface area contributed by atoms with Gasteiger partial charge in [-0.25, -0.2) is 4.98 Å². The fraction of sp³-hybridized carbons (Fsp3) is 0.200. The molecule has 2 aromatic rings. The number of nitrogens with zero attached hydrogens (tertiary/aromatic N) is 1. The Balaban J connectivity index is 2.02. The van der Waals surface area contributed by atoms with Crippen molar-refractivity contribution in [3.05, 3.63) is 48.2 Å². The Morgan fingerprint density at radius 2 is 1.74 bits per heavy atom. The first-order valence-corrected chi connectivity index (χ1v) is 6.80. The van der Waals surface area contributed by atoms with E-state index in [1.807, 2.05) is 0 Å². The molecule has 0 radical (unpaired) electrons. The van der Waals surface area contributed by atoms with E-state index in [-0.39, 0.29) is 5.88 Å². The van der Waals surface area contributed by atoms with Crippen LogP contribution in [0.2, 0.25) is 0 Å². The van der Waals surface area contributed by atoms with Crippen molar-refractivity contribution in [2.45, 2.75) is 19.2 Å². The Morgan fingerprint density at radius 1 is 1.13 bits per heavy atom. The number of hydrogen-bond donors (Lipinski definition) is 0. The maximum Gasteiger partial charge on any atom is 0.417 e. The predicted molar refractivity (Wildman–Crippen MR) is 76.7 cm³/mol. The highest BCUT2D eigenvalue weighted by molar-refractivity contribution is 6.64. The van der Waals surface area contributed by atoms with Gasteiger partial charge in [-0.05, 0) is 48.9 Å². The van der Waals surface area contributed by atoms with Crippen molar-refractivity contribution in [2.75, 3.05) is 0 Å². The van der Waals surface area contributed by atoms with Gasteiger partial charge >= 0.3 is 6.18 Å². The summed E-state index contributed by atoms with van der Waals surface area (Å²) in [4.78, 5) is 14.5. The van der Waals surface area contributed by atoms with Gasteiger partial charge in [-0.15, -0.1) is 0 Å². The quantitative estimate of drug-likeness (QED) is 0.752. The third-order valence-electron chi connectivity index (χ3n) is 2.74. The molecule has 0 amide bonds. The molecule has 0 bridgehead atoms. The Hall–Kier alpha value is -2.28. The van der Waals surface area contributed by atoms with Gasteiger partial charge in [0.15, 0.2) is 6.10 Å². The van der Waals surface area contributed by atoms with Crippen LogP contribution in [0.4, 0.5) is 13.2 Å². The molecule has 0 aliphatic rings. The normalized spacial score (nSPS) is 12.6.